The molecule has 5 heterocycles. The first-order valence-electron chi connectivity index (χ1n) is 9.60. The summed E-state index contributed by atoms with van der Waals surface area (Å²) < 4.78 is 13.9. The Morgan fingerprint density at radius 3 is 2.62 bits per heavy atom. The normalized spacial score (nSPS) is 11.4. The zero-order valence-corrected chi connectivity index (χ0v) is 16.3. The molecule has 9 nitrogen and oxygen atoms in total. The van der Waals surface area contributed by atoms with Crippen molar-refractivity contribution in [1.82, 2.24) is 40.1 Å². The van der Waals surface area contributed by atoms with E-state index in [1.54, 1.807) is 37.2 Å². The van der Waals surface area contributed by atoms with Crippen molar-refractivity contribution < 1.29 is 9.50 Å². The Morgan fingerprint density at radius 2 is 1.78 bits per heavy atom. The number of halogens is 1. The number of phenolic OH excluding ortho intramolecular Hbond substituents is 1. The number of phenols is 1. The molecule has 0 aliphatic rings. The van der Waals surface area contributed by atoms with Crippen LogP contribution in [0.2, 0.25) is 0 Å². The highest BCUT2D eigenvalue weighted by atomic mass is 19.1. The predicted octanol–water partition coefficient (Wildman–Crippen LogP) is 3.86. The molecule has 0 atom stereocenters. The van der Waals surface area contributed by atoms with Gasteiger partial charge in [0.2, 0.25) is 0 Å². The molecular formula is C22H13FN8O. The van der Waals surface area contributed by atoms with Crippen molar-refractivity contribution in [3.8, 4) is 39.8 Å². The molecule has 0 saturated heterocycles. The lowest BCUT2D eigenvalue weighted by Gasteiger charge is -2.03. The summed E-state index contributed by atoms with van der Waals surface area (Å²) in [5, 5.41) is 18.0. The number of nitrogens with zero attached hydrogens (tertiary/aromatic N) is 6. The van der Waals surface area contributed by atoms with Crippen LogP contribution in [0.5, 0.6) is 5.75 Å². The average molecular weight is 424 g/mol. The number of hydrogen-bond donors (Lipinski definition) is 3. The molecule has 10 heteroatoms. The second kappa shape index (κ2) is 6.91. The number of rotatable bonds is 3. The summed E-state index contributed by atoms with van der Waals surface area (Å²) >= 11 is 0. The maximum Gasteiger partial charge on any atom is 0.159 e. The monoisotopic (exact) mass is 424 g/mol. The lowest BCUT2D eigenvalue weighted by atomic mass is 10.1. The number of H-pyrrole nitrogens is 2. The molecule has 6 aromatic rings. The number of benzene rings is 1. The van der Waals surface area contributed by atoms with E-state index < -0.39 is 5.82 Å². The van der Waals surface area contributed by atoms with Crippen molar-refractivity contribution in [3.05, 3.63) is 67.3 Å². The highest BCUT2D eigenvalue weighted by Crippen LogP contribution is 2.33. The third-order valence-corrected chi connectivity index (χ3v) is 5.08. The van der Waals surface area contributed by atoms with E-state index >= 15 is 0 Å². The maximum absolute atomic E-state index is 13.9. The van der Waals surface area contributed by atoms with Gasteiger partial charge in [-0.3, -0.25) is 25.0 Å². The van der Waals surface area contributed by atoms with Crippen molar-refractivity contribution in [2.75, 3.05) is 0 Å². The highest BCUT2D eigenvalue weighted by Gasteiger charge is 2.17. The van der Waals surface area contributed by atoms with E-state index in [0.717, 1.165) is 17.0 Å². The van der Waals surface area contributed by atoms with E-state index in [9.17, 15) is 9.50 Å². The fraction of sp³-hybridized carbons (Fsp3) is 0. The van der Waals surface area contributed by atoms with Gasteiger partial charge in [0.1, 0.15) is 23.0 Å². The van der Waals surface area contributed by atoms with Crippen LogP contribution in [0.25, 0.3) is 56.0 Å². The van der Waals surface area contributed by atoms with Gasteiger partial charge >= 0.3 is 0 Å². The number of hydrogen-bond acceptors (Lipinski definition) is 7. The number of aromatic hydroxyl groups is 1. The van der Waals surface area contributed by atoms with Gasteiger partial charge in [-0.1, -0.05) is 0 Å². The van der Waals surface area contributed by atoms with Gasteiger partial charge < -0.3 is 10.1 Å². The molecule has 0 saturated carbocycles. The zero-order valence-electron chi connectivity index (χ0n) is 16.3. The number of aromatic nitrogens is 8. The standard InChI is InChI=1S/C22H13FN8O/c23-12-3-11(4-13(32)5-12)15-7-25-9-19-20(15)29-22(28-19)21-14-6-16(18-8-24-1-2-26-18)27-10-17(14)30-31-21/h1-10,32H,(H,28,29)(H,30,31). The first kappa shape index (κ1) is 18.1. The molecule has 32 heavy (non-hydrogen) atoms. The third kappa shape index (κ3) is 2.93. The molecule has 6 rings (SSSR count). The fourth-order valence-corrected chi connectivity index (χ4v) is 3.65. The fourth-order valence-electron chi connectivity index (χ4n) is 3.65. The minimum absolute atomic E-state index is 0.171. The van der Waals surface area contributed by atoms with E-state index in [1.165, 1.54) is 12.1 Å². The van der Waals surface area contributed by atoms with Crippen LogP contribution in [-0.2, 0) is 0 Å². The molecule has 0 radical (unpaired) electrons. The quantitative estimate of drug-likeness (QED) is 0.393. The maximum atomic E-state index is 13.9. The number of aromatic amines is 2. The Bertz CT molecular complexity index is 1590. The third-order valence-electron chi connectivity index (χ3n) is 5.08. The molecule has 0 unspecified atom stereocenters. The largest absolute Gasteiger partial charge is 0.508 e. The van der Waals surface area contributed by atoms with Crippen LogP contribution in [0.1, 0.15) is 0 Å². The SMILES string of the molecule is Oc1cc(F)cc(-c2cncc3[nH]c(-c4n[nH]c5cnc(-c6cnccn6)cc45)nc23)c1. The number of imidazole rings is 1. The second-order valence-electron chi connectivity index (χ2n) is 7.14. The lowest BCUT2D eigenvalue weighted by molar-refractivity contribution is 0.469. The molecule has 0 amide bonds. The van der Waals surface area contributed by atoms with Crippen LogP contribution in [0.3, 0.4) is 0 Å². The molecule has 0 spiro atoms. The number of nitrogens with one attached hydrogen (secondary N) is 2. The topological polar surface area (TPSA) is 129 Å². The van der Waals surface area contributed by atoms with Gasteiger partial charge in [0.25, 0.3) is 0 Å². The van der Waals surface area contributed by atoms with Crippen molar-refractivity contribution in [1.29, 1.82) is 0 Å². The van der Waals surface area contributed by atoms with Crippen LogP contribution < -0.4 is 0 Å². The van der Waals surface area contributed by atoms with Crippen LogP contribution in [0.4, 0.5) is 4.39 Å². The van der Waals surface area contributed by atoms with E-state index in [2.05, 4.69) is 35.1 Å². The van der Waals surface area contributed by atoms with E-state index in [4.69, 9.17) is 4.98 Å². The number of fused-ring (bicyclic) bond motifs is 2. The van der Waals surface area contributed by atoms with Gasteiger partial charge in [-0.15, -0.1) is 0 Å². The smallest absolute Gasteiger partial charge is 0.159 e. The second-order valence-corrected chi connectivity index (χ2v) is 7.14. The molecule has 0 fully saturated rings. The first-order chi connectivity index (χ1) is 15.7. The van der Waals surface area contributed by atoms with Gasteiger partial charge in [0.05, 0.1) is 40.8 Å². The van der Waals surface area contributed by atoms with Crippen LogP contribution in [-0.4, -0.2) is 45.2 Å². The van der Waals surface area contributed by atoms with E-state index in [-0.39, 0.29) is 5.75 Å². The van der Waals surface area contributed by atoms with Crippen molar-refractivity contribution in [2.45, 2.75) is 0 Å². The Hall–Kier alpha value is -4.73. The molecule has 0 aliphatic heterocycles. The summed E-state index contributed by atoms with van der Waals surface area (Å²) in [6, 6.07) is 5.71. The van der Waals surface area contributed by atoms with Crippen LogP contribution in [0, 0.1) is 5.82 Å². The van der Waals surface area contributed by atoms with E-state index in [1.807, 2.05) is 6.07 Å². The van der Waals surface area contributed by atoms with Gasteiger partial charge in [-0.2, -0.15) is 5.10 Å². The lowest BCUT2D eigenvalue weighted by Crippen LogP contribution is -1.88. The summed E-state index contributed by atoms with van der Waals surface area (Å²) in [5.74, 6) is -0.206. The highest BCUT2D eigenvalue weighted by molar-refractivity contribution is 5.97. The van der Waals surface area contributed by atoms with Gasteiger partial charge in [-0.25, -0.2) is 9.37 Å². The minimum atomic E-state index is -0.546. The zero-order chi connectivity index (χ0) is 21.7. The van der Waals surface area contributed by atoms with Crippen molar-refractivity contribution >= 4 is 21.9 Å². The van der Waals surface area contributed by atoms with Gasteiger partial charge in [-0.05, 0) is 23.8 Å². The summed E-state index contributed by atoms with van der Waals surface area (Å²) in [6.07, 6.45) is 9.75. The summed E-state index contributed by atoms with van der Waals surface area (Å²) in [5.41, 5.74) is 4.92. The van der Waals surface area contributed by atoms with Crippen LogP contribution >= 0.6 is 0 Å². The Kier molecular flexibility index (Phi) is 3.90. The summed E-state index contributed by atoms with van der Waals surface area (Å²) in [7, 11) is 0. The molecule has 1 aromatic carbocycles. The number of pyridine rings is 2. The Labute approximate surface area is 179 Å². The average Bonchev–Trinajstić information content (AvgIpc) is 3.42. The summed E-state index contributed by atoms with van der Waals surface area (Å²) in [6.45, 7) is 0. The Morgan fingerprint density at radius 1 is 0.844 bits per heavy atom. The first-order valence-corrected chi connectivity index (χ1v) is 9.60. The van der Waals surface area contributed by atoms with Crippen LogP contribution in [0.15, 0.2) is 61.4 Å². The van der Waals surface area contributed by atoms with Crippen molar-refractivity contribution in [2.24, 2.45) is 0 Å². The minimum Gasteiger partial charge on any atom is -0.508 e. The molecule has 154 valence electrons. The molecule has 0 bridgehead atoms. The molecule has 0 aliphatic carbocycles. The molecule has 3 N–H and O–H groups in total. The van der Waals surface area contributed by atoms with Gasteiger partial charge in [0.15, 0.2) is 5.82 Å². The molecular weight excluding hydrogens is 411 g/mol. The summed E-state index contributed by atoms with van der Waals surface area (Å²) in [4.78, 5) is 25.0. The van der Waals surface area contributed by atoms with Gasteiger partial charge in [0, 0.05) is 35.6 Å². The van der Waals surface area contributed by atoms with E-state index in [0.29, 0.717) is 45.1 Å². The Balaban J connectivity index is 1.52. The molecule has 5 aromatic heterocycles. The van der Waals surface area contributed by atoms with Crippen molar-refractivity contribution in [3.63, 3.8) is 0 Å². The predicted molar refractivity (Wildman–Crippen MR) is 115 cm³/mol.